The van der Waals surface area contributed by atoms with E-state index in [-0.39, 0.29) is 5.91 Å². The van der Waals surface area contributed by atoms with Crippen molar-refractivity contribution in [3.05, 3.63) is 69.9 Å². The van der Waals surface area contributed by atoms with E-state index >= 15 is 0 Å². The van der Waals surface area contributed by atoms with Gasteiger partial charge >= 0.3 is 0 Å². The molecule has 0 bridgehead atoms. The lowest BCUT2D eigenvalue weighted by Gasteiger charge is -2.13. The van der Waals surface area contributed by atoms with Gasteiger partial charge in [0.1, 0.15) is 27.8 Å². The summed E-state index contributed by atoms with van der Waals surface area (Å²) in [5.74, 6) is 2.52. The Hall–Kier alpha value is -3.58. The molecule has 4 aromatic rings. The fraction of sp³-hybridized carbons (Fsp3) is 0.333. The maximum atomic E-state index is 13.4. The maximum absolute atomic E-state index is 13.4. The van der Waals surface area contributed by atoms with Gasteiger partial charge in [-0.2, -0.15) is 0 Å². The maximum Gasteiger partial charge on any atom is 0.254 e. The Bertz CT molecular complexity index is 1500. The Kier molecular flexibility index (Phi) is 7.33. The molecular weight excluding hydrogens is 484 g/mol. The van der Waals surface area contributed by atoms with Crippen molar-refractivity contribution in [2.45, 2.75) is 39.5 Å². The van der Waals surface area contributed by atoms with E-state index in [1.165, 1.54) is 4.88 Å². The third-order valence-electron chi connectivity index (χ3n) is 6.60. The second-order valence-corrected chi connectivity index (χ2v) is 10.8. The number of thiophene rings is 1. The lowest BCUT2D eigenvalue weighted by Crippen LogP contribution is -2.28. The first kappa shape index (κ1) is 25.1. The number of methoxy groups -OCH3 is 2. The summed E-state index contributed by atoms with van der Waals surface area (Å²) in [6, 6.07) is 15.4. The summed E-state index contributed by atoms with van der Waals surface area (Å²) in [6.45, 7) is 4.83. The Labute approximate surface area is 221 Å². The van der Waals surface area contributed by atoms with Crippen molar-refractivity contribution in [1.29, 1.82) is 0 Å². The van der Waals surface area contributed by atoms with Gasteiger partial charge in [0.2, 0.25) is 0 Å². The molecule has 2 aromatic carbocycles. The van der Waals surface area contributed by atoms with Gasteiger partial charge in [0.25, 0.3) is 5.91 Å². The lowest BCUT2D eigenvalue weighted by atomic mass is 9.95. The molecule has 0 saturated carbocycles. The molecule has 0 saturated heterocycles. The van der Waals surface area contributed by atoms with E-state index < -0.39 is 0 Å². The molecule has 0 unspecified atom stereocenters. The number of hydrogen-bond acceptors (Lipinski definition) is 6. The van der Waals surface area contributed by atoms with Gasteiger partial charge in [-0.25, -0.2) is 4.99 Å². The van der Waals surface area contributed by atoms with E-state index in [1.807, 2.05) is 48.5 Å². The number of hydrogen-bond donors (Lipinski definition) is 1. The minimum absolute atomic E-state index is 0.0373. The Balaban J connectivity index is 1.71. The van der Waals surface area contributed by atoms with Crippen molar-refractivity contribution in [3.8, 4) is 22.8 Å². The Morgan fingerprint density at radius 3 is 2.49 bits per heavy atom. The molecule has 2 heterocycles. The summed E-state index contributed by atoms with van der Waals surface area (Å²) in [7, 11) is 3.29. The number of fused-ring (bicyclic) bond motifs is 2. The van der Waals surface area contributed by atoms with E-state index in [1.54, 1.807) is 25.6 Å². The Morgan fingerprint density at radius 2 is 1.76 bits per heavy atom. The smallest absolute Gasteiger partial charge is 0.254 e. The fourth-order valence-electron chi connectivity index (χ4n) is 4.62. The quantitative estimate of drug-likeness (QED) is 0.298. The lowest BCUT2D eigenvalue weighted by molar-refractivity contribution is 0.0949. The van der Waals surface area contributed by atoms with Crippen LogP contribution in [0.15, 0.2) is 57.9 Å². The van der Waals surface area contributed by atoms with Crippen LogP contribution in [0.5, 0.6) is 11.5 Å². The summed E-state index contributed by atoms with van der Waals surface area (Å²) >= 11 is 1.64. The van der Waals surface area contributed by atoms with Crippen molar-refractivity contribution in [2.24, 2.45) is 10.9 Å². The molecule has 37 heavy (non-hydrogen) atoms. The van der Waals surface area contributed by atoms with Crippen LogP contribution < -0.4 is 20.1 Å². The van der Waals surface area contributed by atoms with E-state index in [9.17, 15) is 4.79 Å². The summed E-state index contributed by atoms with van der Waals surface area (Å²) in [4.78, 5) is 19.8. The minimum atomic E-state index is -0.0373. The topological polar surface area (TPSA) is 73.1 Å². The summed E-state index contributed by atoms with van der Waals surface area (Å²) < 4.78 is 17.1. The highest BCUT2D eigenvalue weighted by Gasteiger charge is 2.25. The second kappa shape index (κ2) is 10.8. The van der Waals surface area contributed by atoms with Crippen LogP contribution in [-0.4, -0.2) is 26.7 Å². The van der Waals surface area contributed by atoms with Gasteiger partial charge in [0, 0.05) is 28.4 Å². The van der Waals surface area contributed by atoms with E-state index in [0.29, 0.717) is 23.8 Å². The molecule has 1 N–H and O–H groups in total. The van der Waals surface area contributed by atoms with Gasteiger partial charge in [-0.15, -0.1) is 11.3 Å². The number of benzene rings is 2. The van der Waals surface area contributed by atoms with E-state index in [4.69, 9.17) is 18.9 Å². The van der Waals surface area contributed by atoms with E-state index in [0.717, 1.165) is 69.6 Å². The van der Waals surface area contributed by atoms with Gasteiger partial charge in [0.05, 0.1) is 25.1 Å². The van der Waals surface area contributed by atoms with Crippen LogP contribution in [0, 0.1) is 5.92 Å². The first-order valence-electron chi connectivity index (χ1n) is 12.7. The predicted octanol–water partition coefficient (Wildman–Crippen LogP) is 6.68. The Morgan fingerprint density at radius 1 is 1.03 bits per heavy atom. The normalized spacial score (nSPS) is 13.6. The number of rotatable bonds is 7. The van der Waals surface area contributed by atoms with Crippen LogP contribution in [0.2, 0.25) is 0 Å². The number of carbonyl (C=O) groups is 1. The third-order valence-corrected chi connectivity index (χ3v) is 7.78. The average Bonchev–Trinajstić information content (AvgIpc) is 3.29. The molecule has 0 radical (unpaired) electrons. The number of carbonyl (C=O) groups excluding carboxylic acids is 1. The first-order chi connectivity index (χ1) is 18.0. The molecule has 1 aliphatic rings. The molecule has 5 rings (SSSR count). The van der Waals surface area contributed by atoms with Crippen molar-refractivity contribution < 1.29 is 18.7 Å². The summed E-state index contributed by atoms with van der Waals surface area (Å²) in [6.07, 6.45) is 4.16. The standard InChI is InChI=1S/C30H32N2O4S/c1-18(2)17-31-29(33)28-22-7-5-6-8-27(22)37-30(28)32-24-16-26(19-9-11-20(34-3)12-10-19)36-25-14-13-21(35-4)15-23(24)25/h9-16,18H,5-8,17H2,1-4H3,(H,31,33)/b32-24+. The van der Waals surface area contributed by atoms with Crippen LogP contribution in [0.25, 0.3) is 22.3 Å². The molecule has 7 heteroatoms. The van der Waals surface area contributed by atoms with Gasteiger partial charge in [-0.1, -0.05) is 13.8 Å². The SMILES string of the molecule is COc1ccc(-c2c/c(=N\c3sc4c(c3C(=O)NCC(C)C)CCCC4)c3cc(OC)ccc3o2)cc1. The van der Waals surface area contributed by atoms with Crippen molar-refractivity contribution >= 4 is 33.2 Å². The zero-order chi connectivity index (χ0) is 25.9. The predicted molar refractivity (Wildman–Crippen MR) is 148 cm³/mol. The molecule has 0 atom stereocenters. The molecule has 0 spiro atoms. The first-order valence-corrected chi connectivity index (χ1v) is 13.5. The van der Waals surface area contributed by atoms with Crippen LogP contribution in [0.1, 0.15) is 47.5 Å². The number of nitrogens with zero attached hydrogens (tertiary/aromatic N) is 1. The second-order valence-electron chi connectivity index (χ2n) is 9.69. The van der Waals surface area contributed by atoms with Gasteiger partial charge in [-0.3, -0.25) is 4.79 Å². The van der Waals surface area contributed by atoms with Crippen LogP contribution in [-0.2, 0) is 12.8 Å². The van der Waals surface area contributed by atoms with Gasteiger partial charge in [-0.05, 0) is 79.6 Å². The molecule has 192 valence electrons. The van der Waals surface area contributed by atoms with Crippen molar-refractivity contribution in [1.82, 2.24) is 5.32 Å². The zero-order valence-electron chi connectivity index (χ0n) is 21.7. The van der Waals surface area contributed by atoms with Crippen LogP contribution in [0.3, 0.4) is 0 Å². The van der Waals surface area contributed by atoms with Crippen LogP contribution in [0.4, 0.5) is 5.00 Å². The van der Waals surface area contributed by atoms with Crippen molar-refractivity contribution in [2.75, 3.05) is 20.8 Å². The minimum Gasteiger partial charge on any atom is -0.497 e. The largest absolute Gasteiger partial charge is 0.497 e. The number of ether oxygens (including phenoxy) is 2. The number of aryl methyl sites for hydroxylation is 1. The molecule has 1 aliphatic carbocycles. The molecule has 0 fully saturated rings. The molecule has 6 nitrogen and oxygen atoms in total. The van der Waals surface area contributed by atoms with Gasteiger partial charge < -0.3 is 19.2 Å². The molecule has 0 aliphatic heterocycles. The number of amides is 1. The van der Waals surface area contributed by atoms with E-state index in [2.05, 4.69) is 19.2 Å². The molecule has 2 aromatic heterocycles. The van der Waals surface area contributed by atoms with Gasteiger partial charge in [0.15, 0.2) is 0 Å². The summed E-state index contributed by atoms with van der Waals surface area (Å²) in [5.41, 5.74) is 3.49. The fourth-order valence-corrected chi connectivity index (χ4v) is 5.89. The monoisotopic (exact) mass is 516 g/mol. The summed E-state index contributed by atoms with van der Waals surface area (Å²) in [5, 5.41) is 5.44. The van der Waals surface area contributed by atoms with Crippen LogP contribution >= 0.6 is 11.3 Å². The molecule has 1 amide bonds. The van der Waals surface area contributed by atoms with Crippen molar-refractivity contribution in [3.63, 3.8) is 0 Å². The average molecular weight is 517 g/mol. The highest BCUT2D eigenvalue weighted by Crippen LogP contribution is 2.40. The highest BCUT2D eigenvalue weighted by molar-refractivity contribution is 7.16. The number of nitrogens with one attached hydrogen (secondary N) is 1. The third kappa shape index (κ3) is 5.27. The highest BCUT2D eigenvalue weighted by atomic mass is 32.1. The zero-order valence-corrected chi connectivity index (χ0v) is 22.5. The molecular formula is C30H32N2O4S.